The Bertz CT molecular complexity index is 1000. The topological polar surface area (TPSA) is 49.3 Å². The van der Waals surface area contributed by atoms with Crippen LogP contribution in [0, 0.1) is 6.92 Å². The van der Waals surface area contributed by atoms with Crippen LogP contribution in [0.15, 0.2) is 60.7 Å². The van der Waals surface area contributed by atoms with Crippen molar-refractivity contribution in [1.82, 2.24) is 14.9 Å². The fourth-order valence-electron chi connectivity index (χ4n) is 3.81. The van der Waals surface area contributed by atoms with Gasteiger partial charge in [0.1, 0.15) is 17.3 Å². The van der Waals surface area contributed by atoms with E-state index in [9.17, 15) is 4.79 Å². The zero-order chi connectivity index (χ0) is 20.2. The number of rotatable bonds is 5. The zero-order valence-electron chi connectivity index (χ0n) is 17.0. The van der Waals surface area contributed by atoms with Gasteiger partial charge in [0.15, 0.2) is 0 Å². The third-order valence-corrected chi connectivity index (χ3v) is 5.38. The van der Waals surface area contributed by atoms with Gasteiger partial charge in [0.2, 0.25) is 0 Å². The van der Waals surface area contributed by atoms with Gasteiger partial charge in [-0.2, -0.15) is 0 Å². The van der Waals surface area contributed by atoms with E-state index in [-0.39, 0.29) is 5.91 Å². The Labute approximate surface area is 172 Å². The molecule has 1 aliphatic heterocycles. The van der Waals surface area contributed by atoms with Gasteiger partial charge in [0.25, 0.3) is 5.91 Å². The van der Waals surface area contributed by atoms with Crippen LogP contribution in [0.25, 0.3) is 0 Å². The second-order valence-electron chi connectivity index (χ2n) is 7.40. The smallest absolute Gasteiger partial charge is 0.272 e. The molecule has 0 aliphatic carbocycles. The summed E-state index contributed by atoms with van der Waals surface area (Å²) in [5.74, 6) is 1.40. The number of aromatic nitrogens is 2. The van der Waals surface area contributed by atoms with Crippen LogP contribution in [0.2, 0.25) is 0 Å². The van der Waals surface area contributed by atoms with E-state index < -0.39 is 0 Å². The van der Waals surface area contributed by atoms with Crippen LogP contribution in [0.3, 0.4) is 0 Å². The van der Waals surface area contributed by atoms with Gasteiger partial charge < -0.3 is 9.80 Å². The van der Waals surface area contributed by atoms with Crippen LogP contribution in [0.5, 0.6) is 0 Å². The third-order valence-electron chi connectivity index (χ3n) is 5.38. The Morgan fingerprint density at radius 2 is 1.76 bits per heavy atom. The SMILES string of the molecule is CCN(Cc1ccccc1)C(=O)c1cc(N2CCc3ccccc3C2)nc(C)n1. The van der Waals surface area contributed by atoms with Gasteiger partial charge in [-0.05, 0) is 37.0 Å². The third kappa shape index (κ3) is 4.29. The summed E-state index contributed by atoms with van der Waals surface area (Å²) in [6, 6.07) is 20.4. The summed E-state index contributed by atoms with van der Waals surface area (Å²) in [5, 5.41) is 0. The minimum atomic E-state index is -0.0551. The fraction of sp³-hybridized carbons (Fsp3) is 0.292. The maximum atomic E-state index is 13.2. The number of fused-ring (bicyclic) bond motifs is 1. The molecule has 29 heavy (non-hydrogen) atoms. The van der Waals surface area contributed by atoms with Crippen molar-refractivity contribution in [2.24, 2.45) is 0 Å². The Kier molecular flexibility index (Phi) is 5.56. The molecule has 2 heterocycles. The van der Waals surface area contributed by atoms with E-state index in [4.69, 9.17) is 0 Å². The number of hydrogen-bond acceptors (Lipinski definition) is 4. The normalized spacial score (nSPS) is 13.1. The molecular weight excluding hydrogens is 360 g/mol. The molecule has 0 fully saturated rings. The molecule has 2 aromatic carbocycles. The van der Waals surface area contributed by atoms with Crippen LogP contribution in [-0.4, -0.2) is 33.9 Å². The first-order chi connectivity index (χ1) is 14.1. The lowest BCUT2D eigenvalue weighted by atomic mass is 10.00. The summed E-state index contributed by atoms with van der Waals surface area (Å²) < 4.78 is 0. The van der Waals surface area contributed by atoms with E-state index in [1.165, 1.54) is 11.1 Å². The molecule has 3 aromatic rings. The number of anilines is 1. The van der Waals surface area contributed by atoms with E-state index in [0.29, 0.717) is 24.6 Å². The summed E-state index contributed by atoms with van der Waals surface area (Å²) in [6.45, 7) is 6.75. The summed E-state index contributed by atoms with van der Waals surface area (Å²) in [6.07, 6.45) is 0.984. The van der Waals surface area contributed by atoms with Crippen molar-refractivity contribution in [1.29, 1.82) is 0 Å². The highest BCUT2D eigenvalue weighted by atomic mass is 16.2. The largest absolute Gasteiger partial charge is 0.352 e. The highest BCUT2D eigenvalue weighted by Crippen LogP contribution is 2.24. The molecule has 0 atom stereocenters. The van der Waals surface area contributed by atoms with E-state index in [1.807, 2.05) is 55.1 Å². The van der Waals surface area contributed by atoms with Gasteiger partial charge in [0.05, 0.1) is 0 Å². The van der Waals surface area contributed by atoms with Crippen molar-refractivity contribution in [3.63, 3.8) is 0 Å². The molecule has 0 radical (unpaired) electrons. The van der Waals surface area contributed by atoms with Crippen LogP contribution >= 0.6 is 0 Å². The van der Waals surface area contributed by atoms with Gasteiger partial charge in [-0.15, -0.1) is 0 Å². The Morgan fingerprint density at radius 1 is 1.03 bits per heavy atom. The van der Waals surface area contributed by atoms with Gasteiger partial charge in [-0.1, -0.05) is 54.6 Å². The van der Waals surface area contributed by atoms with Crippen molar-refractivity contribution in [3.05, 3.63) is 88.9 Å². The summed E-state index contributed by atoms with van der Waals surface area (Å²) >= 11 is 0. The first-order valence-electron chi connectivity index (χ1n) is 10.1. The summed E-state index contributed by atoms with van der Waals surface area (Å²) in [7, 11) is 0. The Balaban J connectivity index is 1.57. The standard InChI is InChI=1S/C24H26N4O/c1-3-27(16-19-9-5-4-6-10-19)24(29)22-15-23(26-18(2)25-22)28-14-13-20-11-7-8-12-21(20)17-28/h4-12,15H,3,13-14,16-17H2,1-2H3. The number of benzene rings is 2. The lowest BCUT2D eigenvalue weighted by Gasteiger charge is -2.30. The average Bonchev–Trinajstić information content (AvgIpc) is 2.77. The molecule has 0 unspecified atom stereocenters. The van der Waals surface area contributed by atoms with Crippen molar-refractivity contribution in [3.8, 4) is 0 Å². The van der Waals surface area contributed by atoms with Gasteiger partial charge in [0, 0.05) is 32.2 Å². The molecule has 0 saturated heterocycles. The molecule has 0 saturated carbocycles. The maximum absolute atomic E-state index is 13.2. The monoisotopic (exact) mass is 386 g/mol. The molecule has 0 spiro atoms. The minimum Gasteiger partial charge on any atom is -0.352 e. The van der Waals surface area contributed by atoms with Gasteiger partial charge in [-0.3, -0.25) is 4.79 Å². The molecule has 1 aromatic heterocycles. The zero-order valence-corrected chi connectivity index (χ0v) is 17.0. The number of carbonyl (C=O) groups excluding carboxylic acids is 1. The molecule has 1 aliphatic rings. The van der Waals surface area contributed by atoms with Crippen molar-refractivity contribution in [2.45, 2.75) is 33.4 Å². The minimum absolute atomic E-state index is 0.0551. The van der Waals surface area contributed by atoms with E-state index in [0.717, 1.165) is 30.9 Å². The van der Waals surface area contributed by atoms with Crippen LogP contribution in [0.4, 0.5) is 5.82 Å². The van der Waals surface area contributed by atoms with Crippen molar-refractivity contribution in [2.75, 3.05) is 18.0 Å². The molecule has 0 bridgehead atoms. The predicted molar refractivity (Wildman–Crippen MR) is 115 cm³/mol. The molecule has 4 rings (SSSR count). The molecule has 5 heteroatoms. The quantitative estimate of drug-likeness (QED) is 0.665. The second kappa shape index (κ2) is 8.43. The number of hydrogen-bond donors (Lipinski definition) is 0. The number of carbonyl (C=O) groups is 1. The highest BCUT2D eigenvalue weighted by Gasteiger charge is 2.22. The molecule has 0 N–H and O–H groups in total. The van der Waals surface area contributed by atoms with Crippen LogP contribution in [-0.2, 0) is 19.5 Å². The second-order valence-corrected chi connectivity index (χ2v) is 7.40. The number of nitrogens with zero attached hydrogens (tertiary/aromatic N) is 4. The summed E-state index contributed by atoms with van der Waals surface area (Å²) in [4.78, 5) is 26.3. The lowest BCUT2D eigenvalue weighted by Crippen LogP contribution is -2.33. The van der Waals surface area contributed by atoms with Gasteiger partial charge >= 0.3 is 0 Å². The maximum Gasteiger partial charge on any atom is 0.272 e. The first-order valence-corrected chi connectivity index (χ1v) is 10.1. The van der Waals surface area contributed by atoms with Crippen molar-refractivity contribution < 1.29 is 4.79 Å². The predicted octanol–water partition coefficient (Wildman–Crippen LogP) is 4.01. The molecule has 5 nitrogen and oxygen atoms in total. The average molecular weight is 386 g/mol. The van der Waals surface area contributed by atoms with E-state index in [1.54, 1.807) is 0 Å². The number of aryl methyl sites for hydroxylation is 1. The highest BCUT2D eigenvalue weighted by molar-refractivity contribution is 5.93. The number of amides is 1. The van der Waals surface area contributed by atoms with Crippen LogP contribution < -0.4 is 4.90 Å². The van der Waals surface area contributed by atoms with E-state index >= 15 is 0 Å². The Hall–Kier alpha value is -3.21. The van der Waals surface area contributed by atoms with Crippen molar-refractivity contribution >= 4 is 11.7 Å². The Morgan fingerprint density at radius 3 is 2.52 bits per heavy atom. The lowest BCUT2D eigenvalue weighted by molar-refractivity contribution is 0.0746. The summed E-state index contributed by atoms with van der Waals surface area (Å²) in [5.41, 5.74) is 4.29. The van der Waals surface area contributed by atoms with Gasteiger partial charge in [-0.25, -0.2) is 9.97 Å². The molecule has 1 amide bonds. The molecule has 148 valence electrons. The first kappa shape index (κ1) is 19.1. The van der Waals surface area contributed by atoms with E-state index in [2.05, 4.69) is 39.1 Å². The van der Waals surface area contributed by atoms with Crippen LogP contribution in [0.1, 0.15) is 39.9 Å². The fourth-order valence-corrected chi connectivity index (χ4v) is 3.81. The molecular formula is C24H26N4O.